The molecule has 0 atom stereocenters. The van der Waals surface area contributed by atoms with Gasteiger partial charge in [-0.3, -0.25) is 0 Å². The first-order chi connectivity index (χ1) is 10.3. The Morgan fingerprint density at radius 3 is 2.67 bits per heavy atom. The molecule has 0 radical (unpaired) electrons. The van der Waals surface area contributed by atoms with Crippen LogP contribution in [-0.2, 0) is 6.61 Å². The molecule has 0 saturated carbocycles. The van der Waals surface area contributed by atoms with E-state index in [0.717, 1.165) is 5.56 Å². The smallest absolute Gasteiger partial charge is 0.178 e. The lowest BCUT2D eigenvalue weighted by Gasteiger charge is -2.12. The Kier molecular flexibility index (Phi) is 4.65. The molecule has 2 aromatic carbocycles. The van der Waals surface area contributed by atoms with Crippen LogP contribution < -0.4 is 9.47 Å². The molecule has 21 heavy (non-hydrogen) atoms. The molecular formula is C15H12N4O2. The molecule has 0 aliphatic carbocycles. The van der Waals surface area contributed by atoms with Gasteiger partial charge in [-0.05, 0) is 23.2 Å². The van der Waals surface area contributed by atoms with E-state index in [1.165, 1.54) is 13.2 Å². The summed E-state index contributed by atoms with van der Waals surface area (Å²) in [6.45, 7) is 0.321. The number of nitrogens with zero attached hydrogens (tertiary/aromatic N) is 4. The number of azide groups is 1. The molecule has 0 heterocycles. The van der Waals surface area contributed by atoms with Gasteiger partial charge in [-0.2, -0.15) is 5.26 Å². The molecule has 0 spiro atoms. The molecular weight excluding hydrogens is 268 g/mol. The molecule has 0 amide bonds. The van der Waals surface area contributed by atoms with Crippen molar-refractivity contribution in [1.82, 2.24) is 0 Å². The molecule has 0 aliphatic rings. The SMILES string of the molecule is COc1c(C#N)cc(N=[N+]=[N-])cc1OCc1ccccc1. The summed E-state index contributed by atoms with van der Waals surface area (Å²) in [6.07, 6.45) is 0. The standard InChI is InChI=1S/C15H12N4O2/c1-20-15-12(9-16)7-13(18-19-17)8-14(15)21-10-11-5-3-2-4-6-11/h2-8H,10H2,1H3. The third-order valence-corrected chi connectivity index (χ3v) is 2.76. The van der Waals surface area contributed by atoms with Crippen LogP contribution in [0.2, 0.25) is 0 Å². The molecule has 2 rings (SSSR count). The van der Waals surface area contributed by atoms with Gasteiger partial charge < -0.3 is 9.47 Å². The van der Waals surface area contributed by atoms with Gasteiger partial charge in [0, 0.05) is 10.6 Å². The topological polar surface area (TPSA) is 91.0 Å². The molecule has 0 N–H and O–H groups in total. The highest BCUT2D eigenvalue weighted by Crippen LogP contribution is 2.36. The number of hydrogen-bond acceptors (Lipinski definition) is 4. The van der Waals surface area contributed by atoms with Gasteiger partial charge in [-0.1, -0.05) is 35.4 Å². The maximum absolute atomic E-state index is 9.13. The van der Waals surface area contributed by atoms with Crippen LogP contribution in [0.4, 0.5) is 5.69 Å². The highest BCUT2D eigenvalue weighted by Gasteiger charge is 2.12. The highest BCUT2D eigenvalue weighted by molar-refractivity contribution is 5.60. The maximum Gasteiger partial charge on any atom is 0.178 e. The molecule has 0 bridgehead atoms. The monoisotopic (exact) mass is 280 g/mol. The largest absolute Gasteiger partial charge is 0.492 e. The first-order valence-electron chi connectivity index (χ1n) is 6.12. The van der Waals surface area contributed by atoms with Gasteiger partial charge in [-0.25, -0.2) is 0 Å². The first-order valence-corrected chi connectivity index (χ1v) is 6.12. The number of nitriles is 1. The Morgan fingerprint density at radius 2 is 2.05 bits per heavy atom. The van der Waals surface area contributed by atoms with E-state index in [2.05, 4.69) is 10.0 Å². The quantitative estimate of drug-likeness (QED) is 0.469. The van der Waals surface area contributed by atoms with Crippen LogP contribution in [0.15, 0.2) is 47.6 Å². The predicted molar refractivity (Wildman–Crippen MR) is 77.3 cm³/mol. The van der Waals surface area contributed by atoms with E-state index >= 15 is 0 Å². The van der Waals surface area contributed by atoms with Crippen molar-refractivity contribution in [3.05, 3.63) is 64.0 Å². The molecule has 6 heteroatoms. The summed E-state index contributed by atoms with van der Waals surface area (Å²) in [6, 6.07) is 14.6. The van der Waals surface area contributed by atoms with E-state index in [1.54, 1.807) is 6.07 Å². The Labute approximate surface area is 121 Å². The van der Waals surface area contributed by atoms with Crippen molar-refractivity contribution >= 4 is 5.69 Å². The van der Waals surface area contributed by atoms with E-state index in [9.17, 15) is 0 Å². The summed E-state index contributed by atoms with van der Waals surface area (Å²) in [5, 5.41) is 12.6. The van der Waals surface area contributed by atoms with E-state index in [-0.39, 0.29) is 5.56 Å². The fourth-order valence-corrected chi connectivity index (χ4v) is 1.83. The van der Waals surface area contributed by atoms with Gasteiger partial charge in [0.15, 0.2) is 11.5 Å². The van der Waals surface area contributed by atoms with Crippen molar-refractivity contribution in [3.63, 3.8) is 0 Å². The average molecular weight is 280 g/mol. The average Bonchev–Trinajstić information content (AvgIpc) is 2.53. The van der Waals surface area contributed by atoms with Crippen LogP contribution in [0, 0.1) is 11.3 Å². The first kappa shape index (κ1) is 14.3. The number of benzene rings is 2. The second-order valence-corrected chi connectivity index (χ2v) is 4.10. The van der Waals surface area contributed by atoms with Crippen LogP contribution in [0.1, 0.15) is 11.1 Å². The number of methoxy groups -OCH3 is 1. The number of hydrogen-bond donors (Lipinski definition) is 0. The fourth-order valence-electron chi connectivity index (χ4n) is 1.83. The van der Waals surface area contributed by atoms with E-state index in [1.807, 2.05) is 36.4 Å². The van der Waals surface area contributed by atoms with Crippen molar-refractivity contribution in [2.45, 2.75) is 6.61 Å². The summed E-state index contributed by atoms with van der Waals surface area (Å²) in [5.41, 5.74) is 10.0. The fraction of sp³-hybridized carbons (Fsp3) is 0.133. The third-order valence-electron chi connectivity index (χ3n) is 2.76. The van der Waals surface area contributed by atoms with Crippen LogP contribution in [0.3, 0.4) is 0 Å². The highest BCUT2D eigenvalue weighted by atomic mass is 16.5. The zero-order valence-electron chi connectivity index (χ0n) is 11.4. The molecule has 0 unspecified atom stereocenters. The van der Waals surface area contributed by atoms with Gasteiger partial charge in [0.05, 0.1) is 12.7 Å². The number of rotatable bonds is 5. The molecule has 0 fully saturated rings. The summed E-state index contributed by atoms with van der Waals surface area (Å²) < 4.78 is 10.9. The minimum absolute atomic E-state index is 0.255. The summed E-state index contributed by atoms with van der Waals surface area (Å²) in [5.74, 6) is 0.688. The molecule has 0 aromatic heterocycles. The summed E-state index contributed by atoms with van der Waals surface area (Å²) in [4.78, 5) is 2.72. The normalized spacial score (nSPS) is 9.33. The lowest BCUT2D eigenvalue weighted by molar-refractivity contribution is 0.284. The molecule has 6 nitrogen and oxygen atoms in total. The lowest BCUT2D eigenvalue weighted by Crippen LogP contribution is -1.99. The molecule has 0 aliphatic heterocycles. The summed E-state index contributed by atoms with van der Waals surface area (Å²) >= 11 is 0. The zero-order valence-corrected chi connectivity index (χ0v) is 11.4. The van der Waals surface area contributed by atoms with Crippen LogP contribution in [0.25, 0.3) is 10.4 Å². The van der Waals surface area contributed by atoms with Crippen LogP contribution in [-0.4, -0.2) is 7.11 Å². The Bertz CT molecular complexity index is 716. The van der Waals surface area contributed by atoms with Gasteiger partial charge in [0.25, 0.3) is 0 Å². The van der Waals surface area contributed by atoms with E-state index in [4.69, 9.17) is 20.3 Å². The van der Waals surface area contributed by atoms with Crippen molar-refractivity contribution in [3.8, 4) is 17.6 Å². The third kappa shape index (κ3) is 3.44. The Balaban J connectivity index is 2.34. The Morgan fingerprint density at radius 1 is 1.29 bits per heavy atom. The van der Waals surface area contributed by atoms with Gasteiger partial charge in [-0.15, -0.1) is 0 Å². The molecule has 104 valence electrons. The predicted octanol–water partition coefficient (Wildman–Crippen LogP) is 4.09. The second-order valence-electron chi connectivity index (χ2n) is 4.10. The molecule has 0 saturated heterocycles. The van der Waals surface area contributed by atoms with Crippen LogP contribution >= 0.6 is 0 Å². The van der Waals surface area contributed by atoms with Crippen molar-refractivity contribution in [2.75, 3.05) is 7.11 Å². The number of ether oxygens (including phenoxy) is 2. The van der Waals surface area contributed by atoms with Crippen molar-refractivity contribution < 1.29 is 9.47 Å². The van der Waals surface area contributed by atoms with Crippen LogP contribution in [0.5, 0.6) is 11.5 Å². The van der Waals surface area contributed by atoms with E-state index < -0.39 is 0 Å². The minimum Gasteiger partial charge on any atom is -0.492 e. The van der Waals surface area contributed by atoms with Crippen molar-refractivity contribution in [1.29, 1.82) is 5.26 Å². The molecule has 2 aromatic rings. The zero-order chi connectivity index (χ0) is 15.1. The van der Waals surface area contributed by atoms with Gasteiger partial charge in [0.2, 0.25) is 0 Å². The van der Waals surface area contributed by atoms with Gasteiger partial charge in [0.1, 0.15) is 12.7 Å². The van der Waals surface area contributed by atoms with E-state index in [0.29, 0.717) is 23.8 Å². The Hall–Kier alpha value is -3.16. The minimum atomic E-state index is 0.255. The van der Waals surface area contributed by atoms with Crippen molar-refractivity contribution in [2.24, 2.45) is 5.11 Å². The summed E-state index contributed by atoms with van der Waals surface area (Å²) in [7, 11) is 1.46. The second kappa shape index (κ2) is 6.85. The lowest BCUT2D eigenvalue weighted by atomic mass is 10.1. The maximum atomic E-state index is 9.13. The van der Waals surface area contributed by atoms with Gasteiger partial charge >= 0.3 is 0 Å².